The second-order valence-corrected chi connectivity index (χ2v) is 5.28. The van der Waals surface area contributed by atoms with Gasteiger partial charge in [-0.15, -0.1) is 0 Å². The van der Waals surface area contributed by atoms with Crippen LogP contribution < -0.4 is 0 Å². The molecule has 3 aromatic rings. The lowest BCUT2D eigenvalue weighted by molar-refractivity contribution is 0.346. The van der Waals surface area contributed by atoms with Crippen molar-refractivity contribution >= 4 is 0 Å². The number of hydrogen-bond donors (Lipinski definition) is 0. The highest BCUT2D eigenvalue weighted by atomic mass is 16.5. The van der Waals surface area contributed by atoms with Crippen LogP contribution >= 0.6 is 0 Å². The first kappa shape index (κ1) is 14.4. The van der Waals surface area contributed by atoms with Crippen LogP contribution in [0, 0.1) is 0 Å². The molecule has 0 unspecified atom stereocenters. The lowest BCUT2D eigenvalue weighted by Crippen LogP contribution is -1.95. The lowest BCUT2D eigenvalue weighted by Gasteiger charge is -2.04. The van der Waals surface area contributed by atoms with Crippen LogP contribution in [0.2, 0.25) is 0 Å². The SMILES string of the molecule is CCC(CC)c1nc(-c2ccc(-c3ccncc3)cc2)no1. The average Bonchev–Trinajstić information content (AvgIpc) is 3.07. The molecular formula is C18H19N3O. The zero-order valence-corrected chi connectivity index (χ0v) is 12.9. The third kappa shape index (κ3) is 2.91. The summed E-state index contributed by atoms with van der Waals surface area (Å²) in [6.45, 7) is 4.28. The molecule has 0 amide bonds. The summed E-state index contributed by atoms with van der Waals surface area (Å²) in [5.74, 6) is 1.73. The first-order chi connectivity index (χ1) is 10.8. The summed E-state index contributed by atoms with van der Waals surface area (Å²) in [7, 11) is 0. The van der Waals surface area contributed by atoms with E-state index < -0.39 is 0 Å². The number of benzene rings is 1. The van der Waals surface area contributed by atoms with E-state index >= 15 is 0 Å². The Morgan fingerprint density at radius 3 is 2.09 bits per heavy atom. The van der Waals surface area contributed by atoms with E-state index in [0.717, 1.165) is 35.4 Å². The van der Waals surface area contributed by atoms with Crippen LogP contribution in [0.5, 0.6) is 0 Å². The minimum atomic E-state index is 0.345. The Morgan fingerprint density at radius 2 is 1.45 bits per heavy atom. The van der Waals surface area contributed by atoms with E-state index in [4.69, 9.17) is 4.52 Å². The van der Waals surface area contributed by atoms with Crippen molar-refractivity contribution < 1.29 is 4.52 Å². The van der Waals surface area contributed by atoms with Crippen molar-refractivity contribution in [1.82, 2.24) is 15.1 Å². The van der Waals surface area contributed by atoms with Gasteiger partial charge in [0.25, 0.3) is 0 Å². The molecule has 0 bridgehead atoms. The maximum atomic E-state index is 5.41. The molecule has 0 radical (unpaired) electrons. The van der Waals surface area contributed by atoms with E-state index in [-0.39, 0.29) is 0 Å². The Balaban J connectivity index is 1.84. The molecule has 0 atom stereocenters. The van der Waals surface area contributed by atoms with Gasteiger partial charge >= 0.3 is 0 Å². The van der Waals surface area contributed by atoms with Crippen molar-refractivity contribution in [3.63, 3.8) is 0 Å². The molecule has 112 valence electrons. The predicted octanol–water partition coefficient (Wildman–Crippen LogP) is 4.70. The summed E-state index contributed by atoms with van der Waals surface area (Å²) in [4.78, 5) is 8.58. The molecule has 4 nitrogen and oxygen atoms in total. The molecule has 0 saturated heterocycles. The summed E-state index contributed by atoms with van der Waals surface area (Å²) in [5.41, 5.74) is 3.26. The van der Waals surface area contributed by atoms with Gasteiger partial charge in [0, 0.05) is 23.9 Å². The summed E-state index contributed by atoms with van der Waals surface area (Å²) >= 11 is 0. The molecule has 0 saturated carbocycles. The largest absolute Gasteiger partial charge is 0.339 e. The third-order valence-electron chi connectivity index (χ3n) is 3.93. The van der Waals surface area contributed by atoms with Crippen LogP contribution in [0.1, 0.15) is 38.5 Å². The minimum Gasteiger partial charge on any atom is -0.339 e. The summed E-state index contributed by atoms with van der Waals surface area (Å²) < 4.78 is 5.41. The highest BCUT2D eigenvalue weighted by molar-refractivity contribution is 5.67. The zero-order chi connectivity index (χ0) is 15.4. The van der Waals surface area contributed by atoms with E-state index in [1.165, 1.54) is 0 Å². The molecule has 4 heteroatoms. The highest BCUT2D eigenvalue weighted by Gasteiger charge is 2.16. The smallest absolute Gasteiger partial charge is 0.230 e. The number of nitrogens with zero attached hydrogens (tertiary/aromatic N) is 3. The van der Waals surface area contributed by atoms with Crippen molar-refractivity contribution in [3.05, 3.63) is 54.7 Å². The Bertz CT molecular complexity index is 716. The first-order valence-electron chi connectivity index (χ1n) is 7.66. The Hall–Kier alpha value is -2.49. The van der Waals surface area contributed by atoms with E-state index in [1.54, 1.807) is 12.4 Å². The predicted molar refractivity (Wildman–Crippen MR) is 86.3 cm³/mol. The Labute approximate surface area is 130 Å². The molecule has 2 aromatic heterocycles. The second kappa shape index (κ2) is 6.52. The third-order valence-corrected chi connectivity index (χ3v) is 3.93. The van der Waals surface area contributed by atoms with Crippen LogP contribution in [0.25, 0.3) is 22.5 Å². The van der Waals surface area contributed by atoms with Gasteiger partial charge < -0.3 is 4.52 Å². The minimum absolute atomic E-state index is 0.345. The van der Waals surface area contributed by atoms with Crippen LogP contribution in [-0.2, 0) is 0 Å². The Morgan fingerprint density at radius 1 is 0.864 bits per heavy atom. The molecule has 3 rings (SSSR count). The monoisotopic (exact) mass is 293 g/mol. The van der Waals surface area contributed by atoms with Gasteiger partial charge in [0.05, 0.1) is 0 Å². The van der Waals surface area contributed by atoms with Gasteiger partial charge in [0.15, 0.2) is 0 Å². The molecule has 0 aliphatic carbocycles. The zero-order valence-electron chi connectivity index (χ0n) is 12.9. The molecule has 0 aliphatic heterocycles. The van der Waals surface area contributed by atoms with Crippen LogP contribution in [-0.4, -0.2) is 15.1 Å². The average molecular weight is 293 g/mol. The topological polar surface area (TPSA) is 51.8 Å². The Kier molecular flexibility index (Phi) is 4.28. The van der Waals surface area contributed by atoms with Crippen LogP contribution in [0.3, 0.4) is 0 Å². The van der Waals surface area contributed by atoms with Crippen molar-refractivity contribution in [2.75, 3.05) is 0 Å². The highest BCUT2D eigenvalue weighted by Crippen LogP contribution is 2.26. The standard InChI is InChI=1S/C18H19N3O/c1-3-13(4-2)18-20-17(21-22-18)16-7-5-14(6-8-16)15-9-11-19-12-10-15/h5-13H,3-4H2,1-2H3. The van der Waals surface area contributed by atoms with Gasteiger partial charge in [0.1, 0.15) is 0 Å². The quantitative estimate of drug-likeness (QED) is 0.684. The molecule has 0 spiro atoms. The van der Waals surface area contributed by atoms with Crippen LogP contribution in [0.4, 0.5) is 0 Å². The fourth-order valence-electron chi connectivity index (χ4n) is 2.51. The lowest BCUT2D eigenvalue weighted by atomic mass is 10.0. The van der Waals surface area contributed by atoms with Gasteiger partial charge in [-0.2, -0.15) is 4.98 Å². The van der Waals surface area contributed by atoms with Gasteiger partial charge in [-0.1, -0.05) is 43.3 Å². The van der Waals surface area contributed by atoms with Crippen LogP contribution in [0.15, 0.2) is 53.3 Å². The van der Waals surface area contributed by atoms with Crippen molar-refractivity contribution in [2.24, 2.45) is 0 Å². The normalized spacial score (nSPS) is 11.0. The van der Waals surface area contributed by atoms with Gasteiger partial charge in [-0.3, -0.25) is 4.98 Å². The van der Waals surface area contributed by atoms with E-state index in [1.807, 2.05) is 24.3 Å². The van der Waals surface area contributed by atoms with Crippen molar-refractivity contribution in [1.29, 1.82) is 0 Å². The van der Waals surface area contributed by atoms with Gasteiger partial charge in [0.2, 0.25) is 11.7 Å². The maximum absolute atomic E-state index is 5.41. The van der Waals surface area contributed by atoms with Gasteiger partial charge in [-0.05, 0) is 36.1 Å². The summed E-state index contributed by atoms with van der Waals surface area (Å²) in [6, 6.07) is 12.2. The molecule has 1 aromatic carbocycles. The summed E-state index contributed by atoms with van der Waals surface area (Å²) in [5, 5.41) is 4.11. The molecule has 2 heterocycles. The fraction of sp³-hybridized carbons (Fsp3) is 0.278. The molecule has 0 aliphatic rings. The maximum Gasteiger partial charge on any atom is 0.230 e. The summed E-state index contributed by atoms with van der Waals surface area (Å²) in [6.07, 6.45) is 5.62. The first-order valence-corrected chi connectivity index (χ1v) is 7.66. The van der Waals surface area contributed by atoms with E-state index in [0.29, 0.717) is 11.7 Å². The number of aromatic nitrogens is 3. The van der Waals surface area contributed by atoms with Gasteiger partial charge in [-0.25, -0.2) is 0 Å². The molecule has 0 N–H and O–H groups in total. The molecular weight excluding hydrogens is 274 g/mol. The van der Waals surface area contributed by atoms with E-state index in [9.17, 15) is 0 Å². The number of hydrogen-bond acceptors (Lipinski definition) is 4. The molecule has 22 heavy (non-hydrogen) atoms. The van der Waals surface area contributed by atoms with Crippen molar-refractivity contribution in [3.8, 4) is 22.5 Å². The second-order valence-electron chi connectivity index (χ2n) is 5.28. The number of rotatable bonds is 5. The molecule has 0 fully saturated rings. The van der Waals surface area contributed by atoms with E-state index in [2.05, 4.69) is 41.1 Å². The fourth-order valence-corrected chi connectivity index (χ4v) is 2.51. The van der Waals surface area contributed by atoms with Crippen molar-refractivity contribution in [2.45, 2.75) is 32.6 Å². The number of pyridine rings is 1.